The fraction of sp³-hybridized carbons (Fsp3) is 0.125. The Morgan fingerprint density at radius 1 is 0.897 bits per heavy atom. The molecule has 0 amide bonds. The molecule has 3 aromatic rings. The molecule has 1 N–H and O–H groups in total. The van der Waals surface area contributed by atoms with Gasteiger partial charge in [0.15, 0.2) is 28.8 Å². The van der Waals surface area contributed by atoms with Crippen LogP contribution < -0.4 is 14.2 Å². The van der Waals surface area contributed by atoms with Gasteiger partial charge >= 0.3 is 0 Å². The van der Waals surface area contributed by atoms with E-state index in [0.29, 0.717) is 29.4 Å². The summed E-state index contributed by atoms with van der Waals surface area (Å²) in [4.78, 5) is 12.4. The molecule has 0 unspecified atom stereocenters. The maximum atomic E-state index is 12.4. The molecule has 0 heterocycles. The number of ketones is 1. The lowest BCUT2D eigenvalue weighted by Crippen LogP contribution is -1.98. The Balaban J connectivity index is 1.68. The van der Waals surface area contributed by atoms with E-state index >= 15 is 0 Å². The molecule has 0 saturated carbocycles. The van der Waals surface area contributed by atoms with E-state index in [4.69, 9.17) is 14.2 Å². The van der Waals surface area contributed by atoms with Crippen molar-refractivity contribution in [2.45, 2.75) is 6.61 Å². The Bertz CT molecular complexity index is 1010. The molecule has 0 spiro atoms. The number of hydrogen-bond acceptors (Lipinski definition) is 5. The van der Waals surface area contributed by atoms with Gasteiger partial charge in [-0.1, -0.05) is 42.5 Å². The third-order valence-electron chi connectivity index (χ3n) is 4.32. The number of rotatable bonds is 8. The van der Waals surface area contributed by atoms with Gasteiger partial charge < -0.3 is 19.3 Å². The fourth-order valence-corrected chi connectivity index (χ4v) is 2.75. The fourth-order valence-electron chi connectivity index (χ4n) is 2.75. The third kappa shape index (κ3) is 5.17. The summed E-state index contributed by atoms with van der Waals surface area (Å²) in [6, 6.07) is 19.6. The number of ether oxygens (including phenoxy) is 3. The second kappa shape index (κ2) is 9.46. The Morgan fingerprint density at radius 3 is 2.31 bits per heavy atom. The first-order valence-corrected chi connectivity index (χ1v) is 9.05. The largest absolute Gasteiger partial charge is 0.504 e. The average molecular weight is 390 g/mol. The normalized spacial score (nSPS) is 10.7. The van der Waals surface area contributed by atoms with Crippen LogP contribution in [0.4, 0.5) is 0 Å². The van der Waals surface area contributed by atoms with Gasteiger partial charge in [-0.3, -0.25) is 4.79 Å². The van der Waals surface area contributed by atoms with E-state index in [9.17, 15) is 9.90 Å². The van der Waals surface area contributed by atoms with Crippen LogP contribution in [0, 0.1) is 0 Å². The van der Waals surface area contributed by atoms with Crippen molar-refractivity contribution in [3.05, 3.63) is 89.5 Å². The third-order valence-corrected chi connectivity index (χ3v) is 4.32. The van der Waals surface area contributed by atoms with Crippen molar-refractivity contribution in [1.29, 1.82) is 0 Å². The summed E-state index contributed by atoms with van der Waals surface area (Å²) in [6.45, 7) is 0.334. The Labute approximate surface area is 169 Å². The van der Waals surface area contributed by atoms with Crippen molar-refractivity contribution >= 4 is 11.9 Å². The van der Waals surface area contributed by atoms with Crippen molar-refractivity contribution < 1.29 is 24.1 Å². The van der Waals surface area contributed by atoms with Gasteiger partial charge in [0.1, 0.15) is 6.61 Å². The molecule has 3 aromatic carbocycles. The predicted octanol–water partition coefficient (Wildman–Crippen LogP) is 4.88. The number of aromatic hydroxyl groups is 1. The highest BCUT2D eigenvalue weighted by molar-refractivity contribution is 6.07. The molecule has 0 fully saturated rings. The number of hydrogen-bond donors (Lipinski definition) is 1. The zero-order valence-electron chi connectivity index (χ0n) is 16.3. The van der Waals surface area contributed by atoms with Crippen LogP contribution in [0.15, 0.2) is 72.8 Å². The van der Waals surface area contributed by atoms with Gasteiger partial charge in [0.05, 0.1) is 14.2 Å². The first-order valence-electron chi connectivity index (χ1n) is 9.05. The molecule has 0 saturated heterocycles. The molecule has 0 aromatic heterocycles. The Kier molecular flexibility index (Phi) is 6.53. The van der Waals surface area contributed by atoms with Gasteiger partial charge in [-0.15, -0.1) is 0 Å². The number of carbonyl (C=O) groups is 1. The molecule has 0 bridgehead atoms. The van der Waals surface area contributed by atoms with E-state index < -0.39 is 0 Å². The number of allylic oxidation sites excluding steroid dienone is 1. The lowest BCUT2D eigenvalue weighted by molar-refractivity contribution is 0.104. The van der Waals surface area contributed by atoms with Gasteiger partial charge in [-0.05, 0) is 47.5 Å². The SMILES string of the molecule is COc1ccc(/C=C/C(=O)c2ccc(OCc3ccccc3)c(O)c2)cc1OC. The summed E-state index contributed by atoms with van der Waals surface area (Å²) >= 11 is 0. The van der Waals surface area contributed by atoms with Crippen molar-refractivity contribution in [2.24, 2.45) is 0 Å². The summed E-state index contributed by atoms with van der Waals surface area (Å²) in [5.41, 5.74) is 2.15. The monoisotopic (exact) mass is 390 g/mol. The van der Waals surface area contributed by atoms with Gasteiger partial charge in [0, 0.05) is 5.56 Å². The van der Waals surface area contributed by atoms with E-state index in [1.165, 1.54) is 12.1 Å². The minimum atomic E-state index is -0.232. The van der Waals surface area contributed by atoms with Crippen LogP contribution >= 0.6 is 0 Å². The molecule has 5 nitrogen and oxygen atoms in total. The lowest BCUT2D eigenvalue weighted by Gasteiger charge is -2.09. The van der Waals surface area contributed by atoms with E-state index in [1.54, 1.807) is 44.6 Å². The van der Waals surface area contributed by atoms with E-state index in [0.717, 1.165) is 11.1 Å². The van der Waals surface area contributed by atoms with E-state index in [-0.39, 0.29) is 11.5 Å². The van der Waals surface area contributed by atoms with E-state index in [2.05, 4.69) is 0 Å². The first kappa shape index (κ1) is 20.0. The summed E-state index contributed by atoms with van der Waals surface area (Å²) in [6.07, 6.45) is 3.13. The molecular weight excluding hydrogens is 368 g/mol. The van der Waals surface area contributed by atoms with Crippen LogP contribution in [-0.2, 0) is 6.61 Å². The topological polar surface area (TPSA) is 65.0 Å². The van der Waals surface area contributed by atoms with Gasteiger partial charge in [0.25, 0.3) is 0 Å². The van der Waals surface area contributed by atoms with Crippen LogP contribution in [0.5, 0.6) is 23.0 Å². The molecule has 29 heavy (non-hydrogen) atoms. The highest BCUT2D eigenvalue weighted by Gasteiger charge is 2.09. The number of benzene rings is 3. The summed E-state index contributed by atoms with van der Waals surface area (Å²) in [5.74, 6) is 1.22. The van der Waals surface area contributed by atoms with Crippen LogP contribution in [0.25, 0.3) is 6.08 Å². The number of phenols is 1. The van der Waals surface area contributed by atoms with Crippen LogP contribution in [0.1, 0.15) is 21.5 Å². The first-order chi connectivity index (χ1) is 14.1. The molecule has 3 rings (SSSR count). The van der Waals surface area contributed by atoms with Crippen LogP contribution in [0.2, 0.25) is 0 Å². The van der Waals surface area contributed by atoms with Crippen LogP contribution in [-0.4, -0.2) is 25.1 Å². The quantitative estimate of drug-likeness (QED) is 0.438. The zero-order chi connectivity index (χ0) is 20.6. The number of methoxy groups -OCH3 is 2. The number of phenolic OH excluding ortho intramolecular Hbond substituents is 1. The minimum absolute atomic E-state index is 0.0775. The molecular formula is C24H22O5. The second-order valence-electron chi connectivity index (χ2n) is 6.27. The molecule has 0 radical (unpaired) electrons. The Hall–Kier alpha value is -3.73. The average Bonchev–Trinajstić information content (AvgIpc) is 2.77. The van der Waals surface area contributed by atoms with Crippen molar-refractivity contribution in [1.82, 2.24) is 0 Å². The maximum Gasteiger partial charge on any atom is 0.185 e. The Morgan fingerprint density at radius 2 is 1.62 bits per heavy atom. The highest BCUT2D eigenvalue weighted by atomic mass is 16.5. The molecule has 0 aliphatic heterocycles. The molecule has 0 atom stereocenters. The lowest BCUT2D eigenvalue weighted by atomic mass is 10.1. The summed E-state index contributed by atoms with van der Waals surface area (Å²) in [7, 11) is 3.12. The van der Waals surface area contributed by atoms with Crippen molar-refractivity contribution in [2.75, 3.05) is 14.2 Å². The van der Waals surface area contributed by atoms with Gasteiger partial charge in [-0.2, -0.15) is 0 Å². The highest BCUT2D eigenvalue weighted by Crippen LogP contribution is 2.29. The maximum absolute atomic E-state index is 12.4. The second-order valence-corrected chi connectivity index (χ2v) is 6.27. The molecule has 148 valence electrons. The van der Waals surface area contributed by atoms with Gasteiger partial charge in [-0.25, -0.2) is 0 Å². The summed E-state index contributed by atoms with van der Waals surface area (Å²) < 4.78 is 16.1. The smallest absolute Gasteiger partial charge is 0.185 e. The zero-order valence-corrected chi connectivity index (χ0v) is 16.3. The van der Waals surface area contributed by atoms with Gasteiger partial charge in [0.2, 0.25) is 0 Å². The van der Waals surface area contributed by atoms with E-state index in [1.807, 2.05) is 36.4 Å². The van der Waals surface area contributed by atoms with Crippen molar-refractivity contribution in [3.8, 4) is 23.0 Å². The molecule has 5 heteroatoms. The minimum Gasteiger partial charge on any atom is -0.504 e. The number of carbonyl (C=O) groups excluding carboxylic acids is 1. The standard InChI is InChI=1S/C24H22O5/c1-27-23-12-9-17(14-24(23)28-2)8-11-20(25)19-10-13-22(21(26)15-19)29-16-18-6-4-3-5-7-18/h3-15,26H,16H2,1-2H3/b11-8+. The molecule has 0 aliphatic rings. The predicted molar refractivity (Wildman–Crippen MR) is 112 cm³/mol. The van der Waals surface area contributed by atoms with Crippen LogP contribution in [0.3, 0.4) is 0 Å². The summed E-state index contributed by atoms with van der Waals surface area (Å²) in [5, 5.41) is 10.2. The van der Waals surface area contributed by atoms with Crippen molar-refractivity contribution in [3.63, 3.8) is 0 Å². The molecule has 0 aliphatic carbocycles.